The molecule has 0 bridgehead atoms. The number of ether oxygens (including phenoxy) is 4. The second-order valence-electron chi connectivity index (χ2n) is 20.9. The van der Waals surface area contributed by atoms with Gasteiger partial charge in [0.05, 0.1) is 39.5 Å². The Hall–Kier alpha value is -7.62. The standard InChI is InChI=1S/C56H72N10O13S2Si/c1-56(2,3)82(7,8)79-47(34-58-54(68)69)35-59-80(71,72)49-27-26-48(63-30-32-64(33-31-63)50(67)28-29-57-55(70)78-39-43-12-10-9-11-13-43)51(53-60-62-66(61-53)38-42-18-24-46(77-6)25-19-42)52(49)81(73,74)65(36-40-14-20-44(75-4)21-15-40)37-41-16-22-45(76-5)23-17-41/h9-27,47,58-59H,28-39H2,1-8H3,(H,57,70)(H,68,69). The SMILES string of the molecule is COc1ccc(CN(Cc2ccc(OC)cc2)S(=O)(=O)c2c(S(=O)(=O)NCC(CNC(=O)O)O[Si](C)(C)C(C)(C)C)ccc(N3CCN(C(=O)CCNC(=O)OCc4ccccc4)CC3)c2-c2nnn(Cc3ccc(OC)cc3)n2)cc1. The van der Waals surface area contributed by atoms with Crippen molar-refractivity contribution in [1.29, 1.82) is 0 Å². The molecule has 7 rings (SSSR count). The molecule has 6 aromatic rings. The third kappa shape index (κ3) is 16.3. The van der Waals surface area contributed by atoms with Gasteiger partial charge in [-0.3, -0.25) is 4.79 Å². The number of aromatic nitrogens is 4. The summed E-state index contributed by atoms with van der Waals surface area (Å²) in [5.74, 6) is 1.20. The zero-order valence-electron chi connectivity index (χ0n) is 47.3. The van der Waals surface area contributed by atoms with Crippen molar-refractivity contribution in [3.8, 4) is 28.6 Å². The molecule has 1 unspecified atom stereocenters. The van der Waals surface area contributed by atoms with Crippen LogP contribution in [0.15, 0.2) is 125 Å². The summed E-state index contributed by atoms with van der Waals surface area (Å²) in [6, 6.07) is 32.6. The molecule has 0 aliphatic carbocycles. The van der Waals surface area contributed by atoms with Crippen LogP contribution >= 0.6 is 0 Å². The number of rotatable bonds is 26. The van der Waals surface area contributed by atoms with E-state index in [1.807, 2.05) is 69.1 Å². The van der Waals surface area contributed by atoms with Gasteiger partial charge in [-0.15, -0.1) is 10.2 Å². The fraction of sp³-hybridized carbons (Fsp3) is 0.393. The third-order valence-corrected chi connectivity index (χ3v) is 22.2. The van der Waals surface area contributed by atoms with E-state index >= 15 is 16.8 Å². The number of nitrogens with zero attached hydrogens (tertiary/aromatic N) is 7. The Morgan fingerprint density at radius 3 is 1.82 bits per heavy atom. The van der Waals surface area contributed by atoms with Crippen molar-refractivity contribution in [3.05, 3.63) is 138 Å². The molecule has 2 heterocycles. The van der Waals surface area contributed by atoms with Crippen LogP contribution in [0.25, 0.3) is 11.4 Å². The van der Waals surface area contributed by atoms with Crippen LogP contribution in [0.4, 0.5) is 15.3 Å². The van der Waals surface area contributed by atoms with Crippen LogP contribution in [-0.2, 0) is 60.2 Å². The lowest BCUT2D eigenvalue weighted by Crippen LogP contribution is -2.50. The number of alkyl carbamates (subject to hydrolysis) is 1. The molecule has 1 aliphatic heterocycles. The molecule has 3 amide bonds. The molecule has 1 saturated heterocycles. The molecule has 440 valence electrons. The maximum absolute atomic E-state index is 16.3. The van der Waals surface area contributed by atoms with Gasteiger partial charge in [-0.1, -0.05) is 87.5 Å². The Morgan fingerprint density at radius 2 is 1.28 bits per heavy atom. The van der Waals surface area contributed by atoms with E-state index in [0.717, 1.165) is 11.1 Å². The Bertz CT molecular complexity index is 3290. The van der Waals surface area contributed by atoms with E-state index in [0.29, 0.717) is 28.4 Å². The number of tetrazole rings is 1. The molecule has 0 radical (unpaired) electrons. The zero-order chi connectivity index (χ0) is 59.2. The highest BCUT2D eigenvalue weighted by Gasteiger charge is 2.42. The molecule has 23 nitrogen and oxygen atoms in total. The van der Waals surface area contributed by atoms with Crippen LogP contribution in [0.2, 0.25) is 18.1 Å². The van der Waals surface area contributed by atoms with Crippen LogP contribution in [0.1, 0.15) is 49.4 Å². The maximum Gasteiger partial charge on any atom is 0.407 e. The van der Waals surface area contributed by atoms with Crippen LogP contribution in [-0.4, -0.2) is 151 Å². The van der Waals surface area contributed by atoms with Crippen LogP contribution < -0.4 is 34.5 Å². The van der Waals surface area contributed by atoms with Crippen molar-refractivity contribution in [1.82, 2.24) is 44.8 Å². The number of sulfonamides is 2. The molecule has 4 N–H and O–H groups in total. The summed E-state index contributed by atoms with van der Waals surface area (Å²) in [5, 5.41) is 27.8. The molecule has 82 heavy (non-hydrogen) atoms. The number of nitrogens with one attached hydrogen (secondary N) is 3. The average molecular weight is 1190 g/mol. The van der Waals surface area contributed by atoms with Crippen molar-refractivity contribution in [2.45, 2.75) is 87.5 Å². The van der Waals surface area contributed by atoms with E-state index in [2.05, 4.69) is 25.7 Å². The molecule has 26 heteroatoms. The van der Waals surface area contributed by atoms with Gasteiger partial charge >= 0.3 is 12.2 Å². The highest BCUT2D eigenvalue weighted by Crippen LogP contribution is 2.42. The van der Waals surface area contributed by atoms with Crippen molar-refractivity contribution in [2.75, 3.05) is 72.0 Å². The van der Waals surface area contributed by atoms with Crippen molar-refractivity contribution < 1.29 is 59.7 Å². The second-order valence-corrected chi connectivity index (χ2v) is 29.3. The minimum Gasteiger partial charge on any atom is -0.497 e. The van der Waals surface area contributed by atoms with E-state index in [4.69, 9.17) is 28.5 Å². The highest BCUT2D eigenvalue weighted by molar-refractivity contribution is 7.92. The third-order valence-electron chi connectivity index (χ3n) is 14.2. The summed E-state index contributed by atoms with van der Waals surface area (Å²) in [7, 11) is -8.06. The first kappa shape index (κ1) is 62.0. The summed E-state index contributed by atoms with van der Waals surface area (Å²) < 4.78 is 95.2. The van der Waals surface area contributed by atoms with Gasteiger partial charge in [-0.2, -0.15) is 9.10 Å². The molecular formula is C56H72N10O13S2Si. The lowest BCUT2D eigenvalue weighted by atomic mass is 10.1. The lowest BCUT2D eigenvalue weighted by molar-refractivity contribution is -0.131. The van der Waals surface area contributed by atoms with E-state index in [1.165, 1.54) is 35.5 Å². The van der Waals surface area contributed by atoms with Crippen LogP contribution in [0, 0.1) is 0 Å². The van der Waals surface area contributed by atoms with Crippen molar-refractivity contribution >= 4 is 52.1 Å². The number of hydrogen-bond acceptors (Lipinski definition) is 16. The van der Waals surface area contributed by atoms with Gasteiger partial charge < -0.3 is 48.9 Å². The minimum absolute atomic E-state index is 0.0165. The second kappa shape index (κ2) is 27.4. The molecule has 1 aliphatic rings. The molecule has 1 aromatic heterocycles. The summed E-state index contributed by atoms with van der Waals surface area (Å²) in [5.41, 5.74) is 2.68. The number of carbonyl (C=O) groups is 3. The summed E-state index contributed by atoms with van der Waals surface area (Å²) in [6.45, 7) is 9.39. The number of methoxy groups -OCH3 is 3. The normalized spacial score (nSPS) is 13.6. The zero-order valence-corrected chi connectivity index (χ0v) is 50.0. The van der Waals surface area contributed by atoms with Gasteiger partial charge in [0, 0.05) is 71.0 Å². The van der Waals surface area contributed by atoms with Crippen molar-refractivity contribution in [3.63, 3.8) is 0 Å². The highest BCUT2D eigenvalue weighted by atomic mass is 32.2. The van der Waals surface area contributed by atoms with E-state index in [-0.39, 0.29) is 100.0 Å². The van der Waals surface area contributed by atoms with E-state index in [1.54, 1.807) is 84.8 Å². The van der Waals surface area contributed by atoms with Gasteiger partial charge in [0.25, 0.3) is 0 Å². The molecule has 5 aromatic carbocycles. The summed E-state index contributed by atoms with van der Waals surface area (Å²) in [4.78, 5) is 41.4. The smallest absolute Gasteiger partial charge is 0.407 e. The fourth-order valence-electron chi connectivity index (χ4n) is 8.66. The topological polar surface area (TPSA) is 275 Å². The number of hydrogen-bond donors (Lipinski definition) is 4. The van der Waals surface area contributed by atoms with Gasteiger partial charge in [-0.25, -0.2) is 31.1 Å². The maximum atomic E-state index is 16.3. The molecule has 0 spiro atoms. The fourth-order valence-corrected chi connectivity index (χ4v) is 13.5. The molecule has 1 atom stereocenters. The largest absolute Gasteiger partial charge is 0.497 e. The first-order chi connectivity index (χ1) is 39.0. The van der Waals surface area contributed by atoms with Gasteiger partial charge in [0.1, 0.15) is 33.6 Å². The van der Waals surface area contributed by atoms with Crippen LogP contribution in [0.5, 0.6) is 17.2 Å². The Morgan fingerprint density at radius 1 is 0.720 bits per heavy atom. The number of benzene rings is 5. The summed E-state index contributed by atoms with van der Waals surface area (Å²) >= 11 is 0. The predicted molar refractivity (Wildman–Crippen MR) is 309 cm³/mol. The first-order valence-corrected chi connectivity index (χ1v) is 32.3. The monoisotopic (exact) mass is 1180 g/mol. The quantitative estimate of drug-likeness (QED) is 0.0411. The van der Waals surface area contributed by atoms with Crippen molar-refractivity contribution in [2.24, 2.45) is 0 Å². The van der Waals surface area contributed by atoms with E-state index < -0.39 is 63.0 Å². The van der Waals surface area contributed by atoms with Gasteiger partial charge in [0.15, 0.2) is 8.32 Å². The number of carboxylic acid groups (broad SMARTS) is 1. The Balaban J connectivity index is 1.33. The average Bonchev–Trinajstić information content (AvgIpc) is 2.49. The van der Waals surface area contributed by atoms with Gasteiger partial charge in [0.2, 0.25) is 31.8 Å². The first-order valence-electron chi connectivity index (χ1n) is 26.5. The molecular weight excluding hydrogens is 1110 g/mol. The predicted octanol–water partition coefficient (Wildman–Crippen LogP) is 6.71. The lowest BCUT2D eigenvalue weighted by Gasteiger charge is -2.39. The minimum atomic E-state index is -5.04. The summed E-state index contributed by atoms with van der Waals surface area (Å²) in [6.07, 6.45) is -3.06. The molecule has 0 saturated carbocycles. The number of amides is 3. The van der Waals surface area contributed by atoms with Crippen LogP contribution in [0.3, 0.4) is 0 Å². The van der Waals surface area contributed by atoms with E-state index in [9.17, 15) is 19.5 Å². The number of anilines is 1. The Labute approximate surface area is 480 Å². The molecule has 1 fully saturated rings. The van der Waals surface area contributed by atoms with Gasteiger partial charge in [-0.05, 0) is 94.1 Å². The Kier molecular flexibility index (Phi) is 20.7. The number of carbonyl (C=O) groups excluding carboxylic acids is 2. The number of piperazine rings is 1.